The molecule has 1 amide bonds. The van der Waals surface area contributed by atoms with Gasteiger partial charge in [-0.25, -0.2) is 0 Å². The van der Waals surface area contributed by atoms with Crippen molar-refractivity contribution in [2.24, 2.45) is 0 Å². The summed E-state index contributed by atoms with van der Waals surface area (Å²) >= 11 is 4.51. The van der Waals surface area contributed by atoms with Gasteiger partial charge in [-0.3, -0.25) is 9.69 Å². The topological polar surface area (TPSA) is 38.8 Å². The SMILES string of the molecule is COC(C)N(C(=O)[S])C(C)OC. The molecule has 1 radical (unpaired) electrons. The molecule has 0 aliphatic rings. The van der Waals surface area contributed by atoms with Crippen LogP contribution in [0.2, 0.25) is 0 Å². The number of hydrogen-bond donors (Lipinski definition) is 0. The Hall–Kier alpha value is -0.390. The van der Waals surface area contributed by atoms with E-state index in [0.29, 0.717) is 0 Å². The Labute approximate surface area is 78.2 Å². The van der Waals surface area contributed by atoms with Crippen LogP contribution in [-0.4, -0.2) is 36.8 Å². The lowest BCUT2D eigenvalue weighted by Crippen LogP contribution is -2.43. The van der Waals surface area contributed by atoms with Crippen molar-refractivity contribution in [2.75, 3.05) is 14.2 Å². The van der Waals surface area contributed by atoms with Crippen molar-refractivity contribution in [3.8, 4) is 0 Å². The highest BCUT2D eigenvalue weighted by Crippen LogP contribution is 2.09. The number of ether oxygens (including phenoxy) is 2. The number of carbonyl (C=O) groups excluding carboxylic acids is 1. The molecule has 0 aliphatic heterocycles. The number of methoxy groups -OCH3 is 2. The Kier molecular flexibility index (Phi) is 5.12. The van der Waals surface area contributed by atoms with Gasteiger partial charge in [-0.15, -0.1) is 0 Å². The molecule has 0 heterocycles. The maximum atomic E-state index is 10.9. The molecule has 71 valence electrons. The first-order valence-electron chi connectivity index (χ1n) is 3.59. The maximum absolute atomic E-state index is 10.9. The molecule has 0 fully saturated rings. The average molecular weight is 192 g/mol. The second-order valence-electron chi connectivity index (χ2n) is 2.34. The Morgan fingerprint density at radius 3 is 1.75 bits per heavy atom. The summed E-state index contributed by atoms with van der Waals surface area (Å²) in [5.74, 6) is 0. The van der Waals surface area contributed by atoms with Gasteiger partial charge in [0.05, 0.1) is 0 Å². The fourth-order valence-electron chi connectivity index (χ4n) is 0.820. The quantitative estimate of drug-likeness (QED) is 0.635. The average Bonchev–Trinajstić information content (AvgIpc) is 2.03. The van der Waals surface area contributed by atoms with Gasteiger partial charge in [-0.1, -0.05) is 0 Å². The van der Waals surface area contributed by atoms with Crippen molar-refractivity contribution >= 4 is 17.9 Å². The van der Waals surface area contributed by atoms with Crippen LogP contribution in [-0.2, 0) is 9.47 Å². The molecule has 0 rings (SSSR count). The van der Waals surface area contributed by atoms with Crippen LogP contribution in [0.3, 0.4) is 0 Å². The van der Waals surface area contributed by atoms with E-state index in [-0.39, 0.29) is 12.5 Å². The number of amides is 1. The van der Waals surface area contributed by atoms with Crippen LogP contribution in [0.4, 0.5) is 4.79 Å². The molecule has 2 atom stereocenters. The van der Waals surface area contributed by atoms with Gasteiger partial charge in [0, 0.05) is 14.2 Å². The lowest BCUT2D eigenvalue weighted by molar-refractivity contribution is -0.0816. The van der Waals surface area contributed by atoms with Crippen LogP contribution in [0.1, 0.15) is 13.8 Å². The smallest absolute Gasteiger partial charge is 0.317 e. The second-order valence-corrected chi connectivity index (χ2v) is 2.69. The third-order valence-electron chi connectivity index (χ3n) is 1.68. The van der Waals surface area contributed by atoms with Crippen LogP contribution in [0.15, 0.2) is 0 Å². The van der Waals surface area contributed by atoms with Crippen molar-refractivity contribution in [1.29, 1.82) is 0 Å². The normalized spacial score (nSPS) is 15.3. The maximum Gasteiger partial charge on any atom is 0.317 e. The fraction of sp³-hybridized carbons (Fsp3) is 0.857. The van der Waals surface area contributed by atoms with E-state index in [2.05, 4.69) is 12.6 Å². The van der Waals surface area contributed by atoms with Crippen LogP contribution in [0.5, 0.6) is 0 Å². The molecular weight excluding hydrogens is 178 g/mol. The summed E-state index contributed by atoms with van der Waals surface area (Å²) in [6, 6.07) is 0. The Morgan fingerprint density at radius 2 is 1.58 bits per heavy atom. The van der Waals surface area contributed by atoms with E-state index in [9.17, 15) is 4.79 Å². The summed E-state index contributed by atoms with van der Waals surface area (Å²) in [6.07, 6.45) is -0.713. The molecule has 0 bridgehead atoms. The molecule has 0 aromatic carbocycles. The zero-order valence-electron chi connectivity index (χ0n) is 7.73. The van der Waals surface area contributed by atoms with Crippen LogP contribution < -0.4 is 0 Å². The summed E-state index contributed by atoms with van der Waals surface area (Å²) in [7, 11) is 3.02. The molecular formula is C7H14NO3S. The van der Waals surface area contributed by atoms with Gasteiger partial charge < -0.3 is 9.47 Å². The fourth-order valence-corrected chi connectivity index (χ4v) is 1.12. The first-order valence-corrected chi connectivity index (χ1v) is 4.00. The first kappa shape index (κ1) is 11.6. The Morgan fingerprint density at radius 1 is 1.25 bits per heavy atom. The summed E-state index contributed by atoms with van der Waals surface area (Å²) in [5.41, 5.74) is 0. The molecule has 0 spiro atoms. The van der Waals surface area contributed by atoms with Crippen molar-refractivity contribution in [3.05, 3.63) is 0 Å². The van der Waals surface area contributed by atoms with Gasteiger partial charge in [0.15, 0.2) is 0 Å². The zero-order valence-corrected chi connectivity index (χ0v) is 8.55. The minimum atomic E-state index is -0.473. The van der Waals surface area contributed by atoms with Crippen molar-refractivity contribution in [2.45, 2.75) is 26.3 Å². The van der Waals surface area contributed by atoms with Crippen molar-refractivity contribution < 1.29 is 14.3 Å². The number of carbonyl (C=O) groups is 1. The largest absolute Gasteiger partial charge is 0.362 e. The molecule has 5 heteroatoms. The molecule has 0 saturated carbocycles. The second kappa shape index (κ2) is 5.29. The third kappa shape index (κ3) is 2.92. The summed E-state index contributed by atoms with van der Waals surface area (Å²) in [5, 5.41) is -0.473. The molecule has 0 aromatic heterocycles. The van der Waals surface area contributed by atoms with E-state index in [1.807, 2.05) is 0 Å². The minimum absolute atomic E-state index is 0.357. The predicted octanol–water partition coefficient (Wildman–Crippen LogP) is 1.59. The van der Waals surface area contributed by atoms with Gasteiger partial charge in [-0.05, 0) is 26.5 Å². The number of rotatable bonds is 4. The molecule has 0 N–H and O–H groups in total. The van der Waals surface area contributed by atoms with Crippen LogP contribution in [0, 0.1) is 0 Å². The Bertz CT molecular complexity index is 144. The number of nitrogens with zero attached hydrogens (tertiary/aromatic N) is 1. The van der Waals surface area contributed by atoms with Gasteiger partial charge >= 0.3 is 5.24 Å². The van der Waals surface area contributed by atoms with Gasteiger partial charge in [-0.2, -0.15) is 0 Å². The molecule has 0 aliphatic carbocycles. The summed E-state index contributed by atoms with van der Waals surface area (Å²) in [4.78, 5) is 12.3. The lowest BCUT2D eigenvalue weighted by Gasteiger charge is -2.30. The van der Waals surface area contributed by atoms with Gasteiger partial charge in [0.2, 0.25) is 0 Å². The highest BCUT2D eigenvalue weighted by Gasteiger charge is 2.23. The number of hydrogen-bond acceptors (Lipinski definition) is 3. The van der Waals surface area contributed by atoms with E-state index in [1.165, 1.54) is 19.1 Å². The molecule has 0 saturated heterocycles. The van der Waals surface area contributed by atoms with E-state index in [1.54, 1.807) is 13.8 Å². The molecule has 0 aromatic rings. The lowest BCUT2D eigenvalue weighted by atomic mass is 10.5. The first-order chi connectivity index (χ1) is 5.54. The predicted molar refractivity (Wildman–Crippen MR) is 47.8 cm³/mol. The third-order valence-corrected chi connectivity index (χ3v) is 1.89. The Balaban J connectivity index is 4.32. The van der Waals surface area contributed by atoms with E-state index < -0.39 is 5.24 Å². The van der Waals surface area contributed by atoms with E-state index in [0.717, 1.165) is 0 Å². The highest BCUT2D eigenvalue weighted by atomic mass is 32.1. The van der Waals surface area contributed by atoms with E-state index >= 15 is 0 Å². The molecule has 4 nitrogen and oxygen atoms in total. The minimum Gasteiger partial charge on any atom is -0.362 e. The van der Waals surface area contributed by atoms with Crippen molar-refractivity contribution in [3.63, 3.8) is 0 Å². The monoisotopic (exact) mass is 192 g/mol. The van der Waals surface area contributed by atoms with Crippen LogP contribution in [0.25, 0.3) is 0 Å². The molecule has 2 unspecified atom stereocenters. The summed E-state index contributed by atoms with van der Waals surface area (Å²) < 4.78 is 9.91. The summed E-state index contributed by atoms with van der Waals surface area (Å²) in [6.45, 7) is 3.47. The van der Waals surface area contributed by atoms with Crippen LogP contribution >= 0.6 is 12.6 Å². The van der Waals surface area contributed by atoms with Gasteiger partial charge in [0.25, 0.3) is 0 Å². The molecule has 12 heavy (non-hydrogen) atoms. The standard InChI is InChI=1S/C7H14NO3S/c1-5(10-3)8(7(9)12)6(2)11-4/h5-6H,1-4H3. The van der Waals surface area contributed by atoms with Crippen molar-refractivity contribution in [1.82, 2.24) is 4.90 Å². The van der Waals surface area contributed by atoms with Gasteiger partial charge in [0.1, 0.15) is 12.5 Å². The highest BCUT2D eigenvalue weighted by molar-refractivity contribution is 7.96. The zero-order chi connectivity index (χ0) is 9.72. The van der Waals surface area contributed by atoms with E-state index in [4.69, 9.17) is 9.47 Å².